The third-order valence-electron chi connectivity index (χ3n) is 3.39. The fourth-order valence-electron chi connectivity index (χ4n) is 2.32. The molecule has 0 radical (unpaired) electrons. The molecule has 0 bridgehead atoms. The van der Waals surface area contributed by atoms with E-state index in [2.05, 4.69) is 32.2 Å². The van der Waals surface area contributed by atoms with Crippen molar-refractivity contribution in [1.29, 1.82) is 0 Å². The van der Waals surface area contributed by atoms with Crippen LogP contribution in [0.3, 0.4) is 0 Å². The quantitative estimate of drug-likeness (QED) is 0.488. The summed E-state index contributed by atoms with van der Waals surface area (Å²) in [6.45, 7) is 3.22. The normalized spacial score (nSPS) is 15.0. The minimum Gasteiger partial charge on any atom is -0.373 e. The van der Waals surface area contributed by atoms with E-state index >= 15 is 0 Å². The standard InChI is InChI=1S/C15H18N6OS/c16-14(17)20-18-10-12-13(11-4-2-1-3-5-11)19-15(23-12)21-6-8-22-9-7-21/h1-5,10H,6-9H2,(H4,16,17,20)/p+1/b18-10+. The molecule has 23 heavy (non-hydrogen) atoms. The second-order valence-corrected chi connectivity index (χ2v) is 6.04. The van der Waals surface area contributed by atoms with Crippen LogP contribution in [-0.4, -0.2) is 38.5 Å². The molecule has 1 aliphatic heterocycles. The highest BCUT2D eigenvalue weighted by Crippen LogP contribution is 2.28. The molecule has 0 saturated carbocycles. The molecule has 120 valence electrons. The summed E-state index contributed by atoms with van der Waals surface area (Å²) in [5.41, 5.74) is 12.7. The van der Waals surface area contributed by atoms with Crippen LogP contribution >= 0.6 is 11.3 Å². The van der Waals surface area contributed by atoms with Gasteiger partial charge < -0.3 is 16.2 Å². The Bertz CT molecular complexity index is 702. The van der Waals surface area contributed by atoms with Gasteiger partial charge in [-0.3, -0.25) is 0 Å². The van der Waals surface area contributed by atoms with Gasteiger partial charge in [0.25, 0.3) is 0 Å². The van der Waals surface area contributed by atoms with E-state index in [9.17, 15) is 0 Å². The van der Waals surface area contributed by atoms with E-state index in [1.165, 1.54) is 0 Å². The van der Waals surface area contributed by atoms with E-state index in [0.29, 0.717) is 0 Å². The lowest BCUT2D eigenvalue weighted by molar-refractivity contribution is -0.344. The van der Waals surface area contributed by atoms with Crippen LogP contribution < -0.4 is 21.4 Å². The number of anilines is 1. The van der Waals surface area contributed by atoms with Gasteiger partial charge in [-0.05, 0) is 11.3 Å². The maximum Gasteiger partial charge on any atom is 0.335 e. The van der Waals surface area contributed by atoms with Gasteiger partial charge in [0.1, 0.15) is 18.0 Å². The SMILES string of the molecule is NC(N)=N/N=C/c1sc(N2CCOCC2)[nH+]c1-c1ccccc1. The van der Waals surface area contributed by atoms with Crippen LogP contribution in [0, 0.1) is 0 Å². The number of thiazole rings is 1. The highest BCUT2D eigenvalue weighted by molar-refractivity contribution is 7.17. The van der Waals surface area contributed by atoms with Crippen LogP contribution in [0.2, 0.25) is 0 Å². The van der Waals surface area contributed by atoms with Crippen LogP contribution in [0.5, 0.6) is 0 Å². The number of aromatic nitrogens is 1. The van der Waals surface area contributed by atoms with Gasteiger partial charge in [0.2, 0.25) is 5.96 Å². The van der Waals surface area contributed by atoms with Crippen molar-refractivity contribution in [3.63, 3.8) is 0 Å². The molecule has 1 aromatic heterocycles. The summed E-state index contributed by atoms with van der Waals surface area (Å²) < 4.78 is 5.41. The van der Waals surface area contributed by atoms with E-state index in [0.717, 1.165) is 47.6 Å². The molecular weight excluding hydrogens is 312 g/mol. The Hall–Kier alpha value is -2.45. The molecule has 0 unspecified atom stereocenters. The molecular formula is C15H19N6OS+. The van der Waals surface area contributed by atoms with Crippen molar-refractivity contribution in [1.82, 2.24) is 0 Å². The molecule has 1 saturated heterocycles. The zero-order valence-electron chi connectivity index (χ0n) is 12.6. The van der Waals surface area contributed by atoms with Crippen molar-refractivity contribution in [2.75, 3.05) is 31.2 Å². The first-order valence-electron chi connectivity index (χ1n) is 7.30. The number of guanidine groups is 1. The first kappa shape index (κ1) is 15.4. The van der Waals surface area contributed by atoms with E-state index < -0.39 is 0 Å². The largest absolute Gasteiger partial charge is 0.373 e. The van der Waals surface area contributed by atoms with Gasteiger partial charge in [-0.15, -0.1) is 5.10 Å². The molecule has 0 atom stereocenters. The lowest BCUT2D eigenvalue weighted by Crippen LogP contribution is -2.38. The number of rotatable bonds is 4. The van der Waals surface area contributed by atoms with Gasteiger partial charge >= 0.3 is 5.13 Å². The van der Waals surface area contributed by atoms with Crippen molar-refractivity contribution >= 4 is 28.6 Å². The molecule has 8 heteroatoms. The Kier molecular flexibility index (Phi) is 4.84. The number of H-pyrrole nitrogens is 1. The highest BCUT2D eigenvalue weighted by Gasteiger charge is 2.24. The van der Waals surface area contributed by atoms with Crippen molar-refractivity contribution in [3.8, 4) is 11.3 Å². The van der Waals surface area contributed by atoms with Gasteiger partial charge in [0.05, 0.1) is 19.4 Å². The number of nitrogens with two attached hydrogens (primary N) is 2. The predicted molar refractivity (Wildman–Crippen MR) is 92.7 cm³/mol. The molecule has 2 heterocycles. The topological polar surface area (TPSA) is 103 Å². The highest BCUT2D eigenvalue weighted by atomic mass is 32.1. The van der Waals surface area contributed by atoms with Gasteiger partial charge in [-0.25, -0.2) is 9.88 Å². The molecule has 1 aliphatic rings. The number of hydrogen-bond donors (Lipinski definition) is 2. The van der Waals surface area contributed by atoms with Crippen LogP contribution in [0.15, 0.2) is 40.5 Å². The monoisotopic (exact) mass is 331 g/mol. The molecule has 0 aliphatic carbocycles. The van der Waals surface area contributed by atoms with Crippen molar-refractivity contribution < 1.29 is 9.72 Å². The fraction of sp³-hybridized carbons (Fsp3) is 0.267. The summed E-state index contributed by atoms with van der Waals surface area (Å²) >= 11 is 1.63. The van der Waals surface area contributed by atoms with E-state index in [4.69, 9.17) is 16.2 Å². The second-order valence-electron chi connectivity index (χ2n) is 5.01. The zero-order valence-corrected chi connectivity index (χ0v) is 13.4. The van der Waals surface area contributed by atoms with Crippen LogP contribution in [-0.2, 0) is 4.74 Å². The average Bonchev–Trinajstić information content (AvgIpc) is 3.00. The first-order chi connectivity index (χ1) is 11.2. The average molecular weight is 331 g/mol. The van der Waals surface area contributed by atoms with Crippen LogP contribution in [0.1, 0.15) is 4.88 Å². The summed E-state index contributed by atoms with van der Waals surface area (Å²) in [4.78, 5) is 6.74. The maximum absolute atomic E-state index is 5.41. The summed E-state index contributed by atoms with van der Waals surface area (Å²) in [6.07, 6.45) is 1.67. The molecule has 2 aromatic rings. The lowest BCUT2D eigenvalue weighted by atomic mass is 10.1. The number of ether oxygens (including phenoxy) is 1. The molecule has 5 N–H and O–H groups in total. The number of hydrogen-bond acceptors (Lipinski definition) is 5. The Balaban J connectivity index is 1.96. The van der Waals surface area contributed by atoms with Crippen LogP contribution in [0.25, 0.3) is 11.3 Å². The fourth-order valence-corrected chi connectivity index (χ4v) is 3.36. The third kappa shape index (κ3) is 3.85. The second kappa shape index (κ2) is 7.21. The molecule has 1 fully saturated rings. The molecule has 0 spiro atoms. The minimum atomic E-state index is -0.0588. The number of nitrogens with one attached hydrogen (secondary N) is 1. The zero-order chi connectivity index (χ0) is 16.1. The van der Waals surface area contributed by atoms with E-state index in [1.54, 1.807) is 17.6 Å². The molecule has 3 rings (SSSR count). The van der Waals surface area contributed by atoms with E-state index in [-0.39, 0.29) is 5.96 Å². The minimum absolute atomic E-state index is 0.0588. The summed E-state index contributed by atoms with van der Waals surface area (Å²) in [6, 6.07) is 10.1. The molecule has 7 nitrogen and oxygen atoms in total. The van der Waals surface area contributed by atoms with Crippen molar-refractivity contribution in [2.45, 2.75) is 0 Å². The van der Waals surface area contributed by atoms with Gasteiger partial charge in [-0.1, -0.05) is 30.3 Å². The Morgan fingerprint density at radius 1 is 1.22 bits per heavy atom. The van der Waals surface area contributed by atoms with Crippen molar-refractivity contribution in [3.05, 3.63) is 35.2 Å². The lowest BCUT2D eigenvalue weighted by Gasteiger charge is -2.19. The number of morpholine rings is 1. The number of nitrogens with zero attached hydrogens (tertiary/aromatic N) is 3. The third-order valence-corrected chi connectivity index (χ3v) is 4.48. The number of benzene rings is 1. The van der Waals surface area contributed by atoms with E-state index in [1.807, 2.05) is 18.2 Å². The summed E-state index contributed by atoms with van der Waals surface area (Å²) in [5, 5.41) is 8.70. The predicted octanol–water partition coefficient (Wildman–Crippen LogP) is 0.673. The Morgan fingerprint density at radius 2 is 1.96 bits per heavy atom. The Labute approximate surface area is 138 Å². The molecule has 0 amide bonds. The van der Waals surface area contributed by atoms with Crippen LogP contribution in [0.4, 0.5) is 5.13 Å². The molecule has 1 aromatic carbocycles. The van der Waals surface area contributed by atoms with Crippen molar-refractivity contribution in [2.24, 2.45) is 21.7 Å². The smallest absolute Gasteiger partial charge is 0.335 e. The van der Waals surface area contributed by atoms with Gasteiger partial charge in [-0.2, -0.15) is 5.10 Å². The number of aromatic amines is 1. The Morgan fingerprint density at radius 3 is 2.65 bits per heavy atom. The van der Waals surface area contributed by atoms with Gasteiger partial charge in [0.15, 0.2) is 5.69 Å². The summed E-state index contributed by atoms with van der Waals surface area (Å²) in [7, 11) is 0. The van der Waals surface area contributed by atoms with Gasteiger partial charge in [0, 0.05) is 5.56 Å². The first-order valence-corrected chi connectivity index (χ1v) is 8.12. The maximum atomic E-state index is 5.41. The summed E-state index contributed by atoms with van der Waals surface area (Å²) in [5.74, 6) is -0.0588.